The SMILES string of the molecule is CCCCCNS(=O)(=O)c1cc(CO)n(C)c1. The van der Waals surface area contributed by atoms with E-state index in [0.717, 1.165) is 19.3 Å². The van der Waals surface area contributed by atoms with Crippen molar-refractivity contribution in [2.75, 3.05) is 6.54 Å². The van der Waals surface area contributed by atoms with Crippen LogP contribution in [0, 0.1) is 0 Å². The quantitative estimate of drug-likeness (QED) is 0.718. The molecule has 17 heavy (non-hydrogen) atoms. The molecule has 0 spiro atoms. The summed E-state index contributed by atoms with van der Waals surface area (Å²) in [7, 11) is -1.72. The van der Waals surface area contributed by atoms with Crippen LogP contribution in [0.4, 0.5) is 0 Å². The van der Waals surface area contributed by atoms with Crippen molar-refractivity contribution in [3.8, 4) is 0 Å². The van der Waals surface area contributed by atoms with Crippen molar-refractivity contribution >= 4 is 10.0 Å². The zero-order valence-corrected chi connectivity index (χ0v) is 11.1. The lowest BCUT2D eigenvalue weighted by molar-refractivity contribution is 0.272. The van der Waals surface area contributed by atoms with E-state index < -0.39 is 10.0 Å². The summed E-state index contributed by atoms with van der Waals surface area (Å²) >= 11 is 0. The maximum Gasteiger partial charge on any atom is 0.242 e. The molecule has 1 rings (SSSR count). The molecule has 0 aliphatic heterocycles. The summed E-state index contributed by atoms with van der Waals surface area (Å²) < 4.78 is 27.9. The molecule has 0 amide bonds. The third-order valence-corrected chi connectivity index (χ3v) is 4.06. The highest BCUT2D eigenvalue weighted by atomic mass is 32.2. The van der Waals surface area contributed by atoms with Gasteiger partial charge in [0.2, 0.25) is 10.0 Å². The smallest absolute Gasteiger partial charge is 0.242 e. The number of aliphatic hydroxyl groups excluding tert-OH is 1. The van der Waals surface area contributed by atoms with E-state index in [0.29, 0.717) is 12.2 Å². The minimum atomic E-state index is -3.43. The lowest BCUT2D eigenvalue weighted by Crippen LogP contribution is -2.24. The Kier molecular flexibility index (Phi) is 5.17. The van der Waals surface area contributed by atoms with Crippen LogP contribution in [-0.4, -0.2) is 24.6 Å². The molecule has 0 aliphatic carbocycles. The highest BCUT2D eigenvalue weighted by Gasteiger charge is 2.16. The van der Waals surface area contributed by atoms with E-state index in [4.69, 9.17) is 5.11 Å². The molecule has 1 aromatic rings. The fourth-order valence-electron chi connectivity index (χ4n) is 1.55. The molecule has 0 unspecified atom stereocenters. The van der Waals surface area contributed by atoms with Crippen LogP contribution >= 0.6 is 0 Å². The summed E-state index contributed by atoms with van der Waals surface area (Å²) in [6, 6.07) is 1.49. The second-order valence-electron chi connectivity index (χ2n) is 4.04. The Morgan fingerprint density at radius 1 is 1.41 bits per heavy atom. The molecular formula is C11H20N2O3S. The van der Waals surface area contributed by atoms with Gasteiger partial charge in [-0.2, -0.15) is 0 Å². The van der Waals surface area contributed by atoms with Crippen LogP contribution in [0.15, 0.2) is 17.2 Å². The van der Waals surface area contributed by atoms with Gasteiger partial charge < -0.3 is 9.67 Å². The molecule has 0 radical (unpaired) electrons. The summed E-state index contributed by atoms with van der Waals surface area (Å²) in [6.07, 6.45) is 4.42. The molecular weight excluding hydrogens is 240 g/mol. The Hall–Kier alpha value is -0.850. The van der Waals surface area contributed by atoms with Crippen molar-refractivity contribution in [2.45, 2.75) is 37.7 Å². The summed E-state index contributed by atoms with van der Waals surface area (Å²) in [4.78, 5) is 0.209. The van der Waals surface area contributed by atoms with Crippen molar-refractivity contribution < 1.29 is 13.5 Å². The molecule has 1 aromatic heterocycles. The normalized spacial score (nSPS) is 11.9. The maximum absolute atomic E-state index is 11.9. The molecule has 6 heteroatoms. The second kappa shape index (κ2) is 6.18. The fourth-order valence-corrected chi connectivity index (χ4v) is 2.71. The van der Waals surface area contributed by atoms with E-state index in [2.05, 4.69) is 11.6 Å². The van der Waals surface area contributed by atoms with E-state index in [1.807, 2.05) is 0 Å². The van der Waals surface area contributed by atoms with Crippen LogP contribution in [0.1, 0.15) is 31.9 Å². The van der Waals surface area contributed by atoms with E-state index in [9.17, 15) is 8.42 Å². The number of nitrogens with zero attached hydrogens (tertiary/aromatic N) is 1. The maximum atomic E-state index is 11.9. The Morgan fingerprint density at radius 2 is 2.12 bits per heavy atom. The summed E-state index contributed by atoms with van der Waals surface area (Å²) in [6.45, 7) is 2.36. The fraction of sp³-hybridized carbons (Fsp3) is 0.636. The van der Waals surface area contributed by atoms with Crippen molar-refractivity contribution in [3.63, 3.8) is 0 Å². The zero-order valence-electron chi connectivity index (χ0n) is 10.3. The molecule has 0 saturated carbocycles. The number of hydrogen-bond donors (Lipinski definition) is 2. The Labute approximate surface area is 103 Å². The number of hydrogen-bond acceptors (Lipinski definition) is 3. The molecule has 2 N–H and O–H groups in total. The van der Waals surface area contributed by atoms with Gasteiger partial charge in [0.1, 0.15) is 0 Å². The van der Waals surface area contributed by atoms with Crippen LogP contribution in [0.3, 0.4) is 0 Å². The summed E-state index contributed by atoms with van der Waals surface area (Å²) in [5.74, 6) is 0. The van der Waals surface area contributed by atoms with Gasteiger partial charge in [0.05, 0.1) is 11.5 Å². The highest BCUT2D eigenvalue weighted by Crippen LogP contribution is 2.13. The number of rotatable bonds is 7. The largest absolute Gasteiger partial charge is 0.390 e. The number of unbranched alkanes of at least 4 members (excludes halogenated alkanes) is 2. The average Bonchev–Trinajstić information content (AvgIpc) is 2.67. The first-order valence-corrected chi connectivity index (χ1v) is 7.25. The molecule has 0 aromatic carbocycles. The predicted octanol–water partition coefficient (Wildman–Crippen LogP) is 0.986. The van der Waals surface area contributed by atoms with Gasteiger partial charge >= 0.3 is 0 Å². The lowest BCUT2D eigenvalue weighted by atomic mass is 10.3. The number of aromatic nitrogens is 1. The van der Waals surface area contributed by atoms with Gasteiger partial charge in [0, 0.05) is 25.5 Å². The van der Waals surface area contributed by atoms with Gasteiger partial charge in [-0.15, -0.1) is 0 Å². The molecule has 0 atom stereocenters. The standard InChI is InChI=1S/C11H20N2O3S/c1-3-4-5-6-12-17(15,16)11-7-10(9-14)13(2)8-11/h7-8,12,14H,3-6,9H2,1-2H3. The summed E-state index contributed by atoms with van der Waals surface area (Å²) in [5.41, 5.74) is 0.582. The number of aryl methyl sites for hydroxylation is 1. The van der Waals surface area contributed by atoms with Crippen molar-refractivity contribution in [1.82, 2.24) is 9.29 Å². The minimum absolute atomic E-state index is 0.165. The van der Waals surface area contributed by atoms with Gasteiger partial charge in [-0.3, -0.25) is 0 Å². The first-order chi connectivity index (χ1) is 8.01. The van der Waals surface area contributed by atoms with E-state index >= 15 is 0 Å². The van der Waals surface area contributed by atoms with Crippen molar-refractivity contribution in [3.05, 3.63) is 18.0 Å². The molecule has 0 saturated heterocycles. The van der Waals surface area contributed by atoms with Gasteiger partial charge in [-0.25, -0.2) is 13.1 Å². The molecule has 0 fully saturated rings. The number of aliphatic hydroxyl groups is 1. The van der Waals surface area contributed by atoms with Gasteiger partial charge in [0.25, 0.3) is 0 Å². The minimum Gasteiger partial charge on any atom is -0.390 e. The Bertz CT molecular complexity index is 451. The molecule has 98 valence electrons. The van der Waals surface area contributed by atoms with Gasteiger partial charge in [0.15, 0.2) is 0 Å². The monoisotopic (exact) mass is 260 g/mol. The third-order valence-electron chi connectivity index (χ3n) is 2.63. The Morgan fingerprint density at radius 3 is 2.65 bits per heavy atom. The lowest BCUT2D eigenvalue weighted by Gasteiger charge is -2.03. The van der Waals surface area contributed by atoms with Crippen LogP contribution < -0.4 is 4.72 Å². The first-order valence-electron chi connectivity index (χ1n) is 5.77. The van der Waals surface area contributed by atoms with E-state index in [1.54, 1.807) is 11.6 Å². The Balaban J connectivity index is 2.69. The third kappa shape index (κ3) is 3.83. The van der Waals surface area contributed by atoms with Crippen LogP contribution in [-0.2, 0) is 23.7 Å². The van der Waals surface area contributed by atoms with Crippen LogP contribution in [0.25, 0.3) is 0 Å². The van der Waals surface area contributed by atoms with Gasteiger partial charge in [-0.1, -0.05) is 19.8 Å². The average molecular weight is 260 g/mol. The van der Waals surface area contributed by atoms with Crippen molar-refractivity contribution in [2.24, 2.45) is 7.05 Å². The van der Waals surface area contributed by atoms with Crippen molar-refractivity contribution in [1.29, 1.82) is 0 Å². The first kappa shape index (κ1) is 14.2. The molecule has 5 nitrogen and oxygen atoms in total. The van der Waals surface area contributed by atoms with E-state index in [-0.39, 0.29) is 11.5 Å². The predicted molar refractivity (Wildman–Crippen MR) is 66.0 cm³/mol. The molecule has 1 heterocycles. The molecule has 0 bridgehead atoms. The van der Waals surface area contributed by atoms with Crippen LogP contribution in [0.2, 0.25) is 0 Å². The molecule has 0 aliphatic rings. The topological polar surface area (TPSA) is 71.3 Å². The summed E-state index contributed by atoms with van der Waals surface area (Å²) in [5, 5.41) is 9.01. The number of nitrogens with one attached hydrogen (secondary N) is 1. The highest BCUT2D eigenvalue weighted by molar-refractivity contribution is 7.89. The van der Waals surface area contributed by atoms with E-state index in [1.165, 1.54) is 12.3 Å². The number of sulfonamides is 1. The van der Waals surface area contributed by atoms with Crippen LogP contribution in [0.5, 0.6) is 0 Å². The van der Waals surface area contributed by atoms with Gasteiger partial charge in [-0.05, 0) is 12.5 Å². The second-order valence-corrected chi connectivity index (χ2v) is 5.81. The zero-order chi connectivity index (χ0) is 12.9.